The summed E-state index contributed by atoms with van der Waals surface area (Å²) in [7, 11) is 0. The number of para-hydroxylation sites is 1. The third-order valence-electron chi connectivity index (χ3n) is 4.45. The van der Waals surface area contributed by atoms with Crippen LogP contribution in [0, 0.1) is 10.1 Å². The van der Waals surface area contributed by atoms with Crippen LogP contribution in [0.1, 0.15) is 5.76 Å². The molecule has 0 radical (unpaired) electrons. The van der Waals surface area contributed by atoms with Crippen LogP contribution in [0.15, 0.2) is 63.9 Å². The Morgan fingerprint density at radius 2 is 1.91 bits per heavy atom. The van der Waals surface area contributed by atoms with Crippen molar-refractivity contribution in [3.8, 4) is 11.3 Å². The number of hydrogen-bond donors (Lipinski definition) is 2. The summed E-state index contributed by atoms with van der Waals surface area (Å²) in [5.41, 5.74) is 2.94. The largest absolute Gasteiger partial charge is 0.456 e. The number of carbonyl (C=O) groups excluding carboxylic acids is 2. The highest BCUT2D eigenvalue weighted by Crippen LogP contribution is 2.34. The number of furan rings is 1. The molecule has 1 aromatic heterocycles. The molecule has 1 aliphatic rings. The van der Waals surface area contributed by atoms with Crippen molar-refractivity contribution in [1.29, 1.82) is 0 Å². The van der Waals surface area contributed by atoms with E-state index in [1.165, 1.54) is 24.3 Å². The first-order valence-electron chi connectivity index (χ1n) is 9.37. The highest BCUT2D eigenvalue weighted by Gasteiger charge is 2.34. The molecule has 2 aromatic carbocycles. The fourth-order valence-corrected chi connectivity index (χ4v) is 4.40. The Balaban J connectivity index is 1.48. The molecule has 3 amide bonds. The van der Waals surface area contributed by atoms with Gasteiger partial charge in [0.2, 0.25) is 0 Å². The van der Waals surface area contributed by atoms with Gasteiger partial charge in [-0.1, -0.05) is 47.1 Å². The molecule has 34 heavy (non-hydrogen) atoms. The van der Waals surface area contributed by atoms with Gasteiger partial charge in [-0.3, -0.25) is 14.9 Å². The second-order valence-corrected chi connectivity index (χ2v) is 9.18. The maximum atomic E-state index is 12.8. The maximum absolute atomic E-state index is 12.8. The number of nitro benzene ring substituents is 1. The number of nitro groups is 1. The van der Waals surface area contributed by atoms with E-state index in [1.807, 2.05) is 0 Å². The Morgan fingerprint density at radius 3 is 2.65 bits per heavy atom. The highest BCUT2D eigenvalue weighted by atomic mass is 35.5. The van der Waals surface area contributed by atoms with Crippen LogP contribution < -0.4 is 10.7 Å². The van der Waals surface area contributed by atoms with Gasteiger partial charge in [0.05, 0.1) is 25.4 Å². The van der Waals surface area contributed by atoms with Gasteiger partial charge in [0.15, 0.2) is 4.32 Å². The first-order chi connectivity index (χ1) is 16.2. The van der Waals surface area contributed by atoms with Gasteiger partial charge in [0, 0.05) is 17.8 Å². The van der Waals surface area contributed by atoms with Gasteiger partial charge in [-0.15, -0.1) is 0 Å². The summed E-state index contributed by atoms with van der Waals surface area (Å²) in [6.45, 7) is 0. The topological polar surface area (TPSA) is 118 Å². The number of benzene rings is 2. The highest BCUT2D eigenvalue weighted by molar-refractivity contribution is 8.26. The average Bonchev–Trinajstić information content (AvgIpc) is 3.36. The summed E-state index contributed by atoms with van der Waals surface area (Å²) in [5.74, 6) is -0.00926. The van der Waals surface area contributed by atoms with Crippen molar-refractivity contribution in [2.75, 3.05) is 5.32 Å². The van der Waals surface area contributed by atoms with Crippen molar-refractivity contribution in [3.63, 3.8) is 0 Å². The fourth-order valence-electron chi connectivity index (χ4n) is 2.94. The Labute approximate surface area is 211 Å². The number of hydrogen-bond acceptors (Lipinski definition) is 7. The average molecular weight is 535 g/mol. The number of halogens is 2. The van der Waals surface area contributed by atoms with E-state index in [0.717, 1.165) is 16.8 Å². The van der Waals surface area contributed by atoms with Gasteiger partial charge < -0.3 is 9.73 Å². The smallest absolute Gasteiger partial charge is 0.338 e. The quantitative estimate of drug-likeness (QED) is 0.175. The summed E-state index contributed by atoms with van der Waals surface area (Å²) in [6, 6.07) is 13.1. The molecule has 3 aromatic rings. The second-order valence-electron chi connectivity index (χ2n) is 6.69. The van der Waals surface area contributed by atoms with Crippen molar-refractivity contribution < 1.29 is 18.9 Å². The number of carbonyl (C=O) groups is 2. The van der Waals surface area contributed by atoms with Crippen LogP contribution in [0.4, 0.5) is 16.2 Å². The van der Waals surface area contributed by atoms with Crippen molar-refractivity contribution in [2.24, 2.45) is 0 Å². The maximum Gasteiger partial charge on any atom is 0.338 e. The molecule has 0 bridgehead atoms. The van der Waals surface area contributed by atoms with Gasteiger partial charge in [0.1, 0.15) is 11.5 Å². The molecular formula is C21H12Cl2N4O5S2. The Bertz CT molecular complexity index is 1370. The Hall–Kier alpha value is -3.38. The molecule has 0 saturated carbocycles. The molecule has 2 N–H and O–H groups in total. The number of thiocarbonyl (C=S) groups is 1. The van der Waals surface area contributed by atoms with Crippen LogP contribution in [-0.2, 0) is 4.79 Å². The summed E-state index contributed by atoms with van der Waals surface area (Å²) in [5, 5.41) is 15.3. The minimum Gasteiger partial charge on any atom is -0.456 e. The van der Waals surface area contributed by atoms with Crippen LogP contribution in [0.2, 0.25) is 10.0 Å². The third kappa shape index (κ3) is 5.07. The molecule has 1 aliphatic heterocycles. The molecule has 1 fully saturated rings. The first-order valence-corrected chi connectivity index (χ1v) is 11.4. The lowest BCUT2D eigenvalue weighted by atomic mass is 10.1. The lowest BCUT2D eigenvalue weighted by Crippen LogP contribution is -2.46. The third-order valence-corrected chi connectivity index (χ3v) is 6.49. The Kier molecular flexibility index (Phi) is 6.89. The molecule has 9 nitrogen and oxygen atoms in total. The van der Waals surface area contributed by atoms with E-state index in [1.54, 1.807) is 36.4 Å². The predicted octanol–water partition coefficient (Wildman–Crippen LogP) is 6.10. The predicted molar refractivity (Wildman–Crippen MR) is 134 cm³/mol. The SMILES string of the molecule is O=C(Nc1ccc(Cl)c(Cl)c1)NN1C(=O)/C(=C\c2ccc(-c3ccccc3[N+](=O)[O-])o2)SC1=S. The second kappa shape index (κ2) is 9.85. The lowest BCUT2D eigenvalue weighted by molar-refractivity contribution is -0.384. The standard InChI is InChI=1S/C21H12Cl2N4O5S2/c22-14-7-5-11(9-15(14)23)24-20(29)25-26-19(28)18(34-21(26)33)10-12-6-8-17(32-12)13-3-1-2-4-16(13)27(30)31/h1-10H,(H2,24,25,29)/b18-10+. The minimum absolute atomic E-state index is 0.103. The monoisotopic (exact) mass is 534 g/mol. The number of urea groups is 1. The van der Waals surface area contributed by atoms with E-state index in [2.05, 4.69) is 10.7 Å². The van der Waals surface area contributed by atoms with E-state index < -0.39 is 16.9 Å². The zero-order valence-electron chi connectivity index (χ0n) is 16.8. The summed E-state index contributed by atoms with van der Waals surface area (Å²) >= 11 is 18.0. The molecule has 0 unspecified atom stereocenters. The van der Waals surface area contributed by atoms with Gasteiger partial charge in [0.25, 0.3) is 11.6 Å². The van der Waals surface area contributed by atoms with Crippen LogP contribution in [0.25, 0.3) is 17.4 Å². The van der Waals surface area contributed by atoms with Crippen LogP contribution in [-0.4, -0.2) is 26.2 Å². The van der Waals surface area contributed by atoms with Gasteiger partial charge in [-0.25, -0.2) is 10.2 Å². The van der Waals surface area contributed by atoms with Gasteiger partial charge >= 0.3 is 6.03 Å². The molecular weight excluding hydrogens is 523 g/mol. The molecule has 13 heteroatoms. The summed E-state index contributed by atoms with van der Waals surface area (Å²) in [4.78, 5) is 36.0. The number of amides is 3. The van der Waals surface area contributed by atoms with Crippen LogP contribution in [0.3, 0.4) is 0 Å². The van der Waals surface area contributed by atoms with E-state index in [0.29, 0.717) is 16.3 Å². The fraction of sp³-hybridized carbons (Fsp3) is 0. The molecule has 4 rings (SSSR count). The van der Waals surface area contributed by atoms with Crippen molar-refractivity contribution in [2.45, 2.75) is 0 Å². The number of hydrazine groups is 1. The Morgan fingerprint density at radius 1 is 1.15 bits per heavy atom. The van der Waals surface area contributed by atoms with Crippen molar-refractivity contribution >= 4 is 80.9 Å². The number of thioether (sulfide) groups is 1. The van der Waals surface area contributed by atoms with Crippen molar-refractivity contribution in [3.05, 3.63) is 85.4 Å². The molecule has 172 valence electrons. The molecule has 1 saturated heterocycles. The molecule has 0 spiro atoms. The molecule has 0 atom stereocenters. The molecule has 2 heterocycles. The lowest BCUT2D eigenvalue weighted by Gasteiger charge is -2.16. The van der Waals surface area contributed by atoms with Crippen molar-refractivity contribution in [1.82, 2.24) is 10.4 Å². The van der Waals surface area contributed by atoms with E-state index in [-0.39, 0.29) is 31.5 Å². The normalized spacial score (nSPS) is 14.5. The number of rotatable bonds is 5. The summed E-state index contributed by atoms with van der Waals surface area (Å²) < 4.78 is 5.79. The van der Waals surface area contributed by atoms with Crippen LogP contribution in [0.5, 0.6) is 0 Å². The zero-order chi connectivity index (χ0) is 24.4. The van der Waals surface area contributed by atoms with E-state index in [9.17, 15) is 19.7 Å². The van der Waals surface area contributed by atoms with Crippen LogP contribution >= 0.6 is 47.2 Å². The van der Waals surface area contributed by atoms with E-state index in [4.69, 9.17) is 39.8 Å². The first kappa shape index (κ1) is 23.8. The minimum atomic E-state index is -0.715. The molecule has 0 aliphatic carbocycles. The zero-order valence-corrected chi connectivity index (χ0v) is 19.9. The van der Waals surface area contributed by atoms with Gasteiger partial charge in [-0.2, -0.15) is 5.01 Å². The number of anilines is 1. The van der Waals surface area contributed by atoms with Gasteiger partial charge in [-0.05, 0) is 48.6 Å². The number of nitrogens with one attached hydrogen (secondary N) is 2. The summed E-state index contributed by atoms with van der Waals surface area (Å²) in [6.07, 6.45) is 1.44. The van der Waals surface area contributed by atoms with E-state index >= 15 is 0 Å². The number of nitrogens with zero attached hydrogens (tertiary/aromatic N) is 2.